The molecule has 0 saturated heterocycles. The van der Waals surface area contributed by atoms with Crippen LogP contribution in [0.15, 0.2) is 66.7 Å². The number of halogens is 3. The molecule has 1 aliphatic heterocycles. The number of alkyl halides is 3. The molecular weight excluding hydrogens is 507 g/mol. The monoisotopic (exact) mass is 541 g/mol. The lowest BCUT2D eigenvalue weighted by Gasteiger charge is -2.33. The van der Waals surface area contributed by atoms with E-state index in [4.69, 9.17) is 9.47 Å². The zero-order valence-electron chi connectivity index (χ0n) is 22.3. The van der Waals surface area contributed by atoms with Crippen molar-refractivity contribution >= 4 is 11.1 Å². The summed E-state index contributed by atoms with van der Waals surface area (Å²) in [7, 11) is 2.11. The third-order valence-electron chi connectivity index (χ3n) is 6.54. The number of nitrogens with zero attached hydrogens (tertiary/aromatic N) is 1. The molecule has 3 aromatic rings. The highest BCUT2D eigenvalue weighted by atomic mass is 19.4. The van der Waals surface area contributed by atoms with Gasteiger partial charge in [-0.25, -0.2) is 0 Å². The molecule has 208 valence electrons. The molecule has 2 N–H and O–H groups in total. The highest BCUT2D eigenvalue weighted by Crippen LogP contribution is 2.53. The van der Waals surface area contributed by atoms with Crippen molar-refractivity contribution in [3.05, 3.63) is 83.4 Å². The number of phenols is 2. The SMILES string of the molecule is CC(C)CN(C)CCCCOc1ccc(C2Oc3cc(O)ccc3C(C(F)(F)F)=C2c2ccc(O)cc2)cc1. The van der Waals surface area contributed by atoms with Gasteiger partial charge in [0.1, 0.15) is 23.0 Å². The molecule has 0 amide bonds. The van der Waals surface area contributed by atoms with E-state index in [1.165, 1.54) is 42.5 Å². The van der Waals surface area contributed by atoms with Crippen LogP contribution in [0.5, 0.6) is 23.0 Å². The largest absolute Gasteiger partial charge is 0.508 e. The highest BCUT2D eigenvalue weighted by molar-refractivity contribution is 5.98. The number of hydrogen-bond acceptors (Lipinski definition) is 5. The molecule has 4 rings (SSSR count). The molecule has 5 nitrogen and oxygen atoms in total. The van der Waals surface area contributed by atoms with Crippen LogP contribution in [0.25, 0.3) is 11.1 Å². The summed E-state index contributed by atoms with van der Waals surface area (Å²) in [4.78, 5) is 2.30. The number of fused-ring (bicyclic) bond motifs is 1. The van der Waals surface area contributed by atoms with Gasteiger partial charge in [0.05, 0.1) is 12.2 Å². The number of hydrogen-bond donors (Lipinski definition) is 2. The second-order valence-corrected chi connectivity index (χ2v) is 10.3. The molecule has 0 aliphatic carbocycles. The lowest BCUT2D eigenvalue weighted by Crippen LogP contribution is -2.24. The van der Waals surface area contributed by atoms with Gasteiger partial charge in [-0.15, -0.1) is 0 Å². The first-order valence-electron chi connectivity index (χ1n) is 13.0. The van der Waals surface area contributed by atoms with Gasteiger partial charge in [-0.1, -0.05) is 38.1 Å². The Kier molecular flexibility index (Phi) is 8.75. The third-order valence-corrected chi connectivity index (χ3v) is 6.54. The van der Waals surface area contributed by atoms with Gasteiger partial charge in [-0.2, -0.15) is 13.2 Å². The average molecular weight is 542 g/mol. The van der Waals surface area contributed by atoms with Crippen LogP contribution in [0.1, 0.15) is 49.5 Å². The number of phenolic OH excluding ortho intramolecular Hbond substituents is 2. The fourth-order valence-corrected chi connectivity index (χ4v) is 4.88. The van der Waals surface area contributed by atoms with E-state index >= 15 is 0 Å². The Labute approximate surface area is 227 Å². The molecule has 0 fully saturated rings. The third kappa shape index (κ3) is 7.06. The van der Waals surface area contributed by atoms with E-state index < -0.39 is 17.9 Å². The average Bonchev–Trinajstić information content (AvgIpc) is 2.87. The summed E-state index contributed by atoms with van der Waals surface area (Å²) >= 11 is 0. The minimum Gasteiger partial charge on any atom is -0.508 e. The zero-order chi connectivity index (χ0) is 28.2. The molecule has 0 aromatic heterocycles. The van der Waals surface area contributed by atoms with Crippen molar-refractivity contribution in [2.75, 3.05) is 26.7 Å². The lowest BCUT2D eigenvalue weighted by molar-refractivity contribution is -0.0695. The quantitative estimate of drug-likeness (QED) is 0.261. The Morgan fingerprint density at radius 1 is 0.923 bits per heavy atom. The fourth-order valence-electron chi connectivity index (χ4n) is 4.88. The van der Waals surface area contributed by atoms with Crippen molar-refractivity contribution in [3.63, 3.8) is 0 Å². The maximum Gasteiger partial charge on any atom is 0.417 e. The molecule has 3 aromatic carbocycles. The molecular formula is C31H34F3NO4. The zero-order valence-corrected chi connectivity index (χ0v) is 22.3. The molecule has 0 bridgehead atoms. The Balaban J connectivity index is 1.59. The minimum atomic E-state index is -4.70. The lowest BCUT2D eigenvalue weighted by atomic mass is 9.85. The van der Waals surface area contributed by atoms with Gasteiger partial charge >= 0.3 is 6.18 Å². The van der Waals surface area contributed by atoms with Crippen LogP contribution >= 0.6 is 0 Å². The maximum absolute atomic E-state index is 14.6. The molecule has 39 heavy (non-hydrogen) atoms. The summed E-state index contributed by atoms with van der Waals surface area (Å²) in [6.07, 6.45) is -3.91. The van der Waals surface area contributed by atoms with Crippen molar-refractivity contribution in [2.24, 2.45) is 5.92 Å². The first-order chi connectivity index (χ1) is 18.5. The van der Waals surface area contributed by atoms with Crippen LogP contribution < -0.4 is 9.47 Å². The van der Waals surface area contributed by atoms with Gasteiger partial charge in [0.15, 0.2) is 6.10 Å². The van der Waals surface area contributed by atoms with Gasteiger partial charge in [0.25, 0.3) is 0 Å². The maximum atomic E-state index is 14.6. The van der Waals surface area contributed by atoms with Crippen LogP contribution in [0.3, 0.4) is 0 Å². The molecule has 1 heterocycles. The summed E-state index contributed by atoms with van der Waals surface area (Å²) in [6, 6.07) is 16.0. The predicted octanol–water partition coefficient (Wildman–Crippen LogP) is 7.45. The normalized spacial score (nSPS) is 15.4. The Bertz CT molecular complexity index is 1280. The van der Waals surface area contributed by atoms with Gasteiger partial charge in [-0.3, -0.25) is 0 Å². The number of ether oxygens (including phenoxy) is 2. The molecule has 0 spiro atoms. The van der Waals surface area contributed by atoms with E-state index in [0.717, 1.165) is 25.9 Å². The summed E-state index contributed by atoms with van der Waals surface area (Å²) in [5, 5.41) is 19.7. The van der Waals surface area contributed by atoms with E-state index in [1.807, 2.05) is 0 Å². The summed E-state index contributed by atoms with van der Waals surface area (Å²) in [5.41, 5.74) is -0.302. The van der Waals surface area contributed by atoms with Gasteiger partial charge in [-0.05, 0) is 79.9 Å². The number of benzene rings is 3. The topological polar surface area (TPSA) is 62.2 Å². The van der Waals surface area contributed by atoms with Crippen molar-refractivity contribution in [1.82, 2.24) is 4.90 Å². The Morgan fingerprint density at radius 3 is 2.23 bits per heavy atom. The molecule has 1 atom stereocenters. The Hall–Kier alpha value is -3.65. The highest BCUT2D eigenvalue weighted by Gasteiger charge is 2.44. The standard InChI is InChI=1S/C31H34F3NO4/c1-20(2)19-35(3)16-4-5-17-38-25-13-8-22(9-14-25)30-28(21-6-10-23(36)11-7-21)29(31(32,33)34)26-15-12-24(37)18-27(26)39-30/h6-15,18,20,30,36-37H,4-5,16-17,19H2,1-3H3. The van der Waals surface area contributed by atoms with E-state index in [1.54, 1.807) is 24.3 Å². The molecule has 8 heteroatoms. The Morgan fingerprint density at radius 2 is 1.59 bits per heavy atom. The molecule has 0 saturated carbocycles. The second-order valence-electron chi connectivity index (χ2n) is 10.3. The number of allylic oxidation sites excluding steroid dienone is 1. The molecule has 1 aliphatic rings. The summed E-state index contributed by atoms with van der Waals surface area (Å²) < 4.78 is 55.6. The van der Waals surface area contributed by atoms with Crippen molar-refractivity contribution in [2.45, 2.75) is 39.0 Å². The van der Waals surface area contributed by atoms with Crippen LogP contribution in [0.2, 0.25) is 0 Å². The smallest absolute Gasteiger partial charge is 0.417 e. The van der Waals surface area contributed by atoms with Gasteiger partial charge in [0, 0.05) is 23.7 Å². The van der Waals surface area contributed by atoms with Crippen LogP contribution in [0, 0.1) is 5.92 Å². The summed E-state index contributed by atoms with van der Waals surface area (Å²) in [6.45, 7) is 6.96. The second kappa shape index (κ2) is 12.0. The van der Waals surface area contributed by atoms with E-state index in [9.17, 15) is 23.4 Å². The predicted molar refractivity (Wildman–Crippen MR) is 146 cm³/mol. The van der Waals surface area contributed by atoms with E-state index in [0.29, 0.717) is 23.8 Å². The molecule has 1 unspecified atom stereocenters. The van der Waals surface area contributed by atoms with Gasteiger partial charge in [0.2, 0.25) is 0 Å². The van der Waals surface area contributed by atoms with Crippen molar-refractivity contribution in [1.29, 1.82) is 0 Å². The first-order valence-corrected chi connectivity index (χ1v) is 13.0. The minimum absolute atomic E-state index is 0.0559. The number of unbranched alkanes of at least 4 members (excludes halogenated alkanes) is 1. The van der Waals surface area contributed by atoms with Gasteiger partial charge < -0.3 is 24.6 Å². The molecule has 0 radical (unpaired) electrons. The van der Waals surface area contributed by atoms with Crippen LogP contribution in [0.4, 0.5) is 13.2 Å². The van der Waals surface area contributed by atoms with Crippen molar-refractivity contribution in [3.8, 4) is 23.0 Å². The fraction of sp³-hybridized carbons (Fsp3) is 0.355. The van der Waals surface area contributed by atoms with E-state index in [2.05, 4.69) is 25.8 Å². The number of aromatic hydroxyl groups is 2. The first kappa shape index (κ1) is 28.4. The van der Waals surface area contributed by atoms with Crippen LogP contribution in [-0.4, -0.2) is 48.0 Å². The van der Waals surface area contributed by atoms with Crippen LogP contribution in [-0.2, 0) is 0 Å². The van der Waals surface area contributed by atoms with Crippen molar-refractivity contribution < 1.29 is 32.9 Å². The van der Waals surface area contributed by atoms with E-state index in [-0.39, 0.29) is 33.9 Å². The number of rotatable bonds is 10. The summed E-state index contributed by atoms with van der Waals surface area (Å²) in [5.74, 6) is 0.932.